The van der Waals surface area contributed by atoms with E-state index in [4.69, 9.17) is 17.3 Å². The van der Waals surface area contributed by atoms with Gasteiger partial charge in [-0.1, -0.05) is 29.8 Å². The van der Waals surface area contributed by atoms with Crippen molar-refractivity contribution in [3.05, 3.63) is 70.8 Å². The fourth-order valence-corrected chi connectivity index (χ4v) is 2.55. The Kier molecular flexibility index (Phi) is 3.82. The first kappa shape index (κ1) is 13.9. The molecule has 3 aromatic rings. The SMILES string of the molecule is NC(Cc1ccc(F)c(Cl)c1)c1cccc2nccnc12. The molecule has 21 heavy (non-hydrogen) atoms. The predicted octanol–water partition coefficient (Wildman–Crippen LogP) is 3.66. The largest absolute Gasteiger partial charge is 0.324 e. The highest BCUT2D eigenvalue weighted by molar-refractivity contribution is 6.30. The maximum Gasteiger partial charge on any atom is 0.141 e. The molecule has 0 bridgehead atoms. The number of para-hydroxylation sites is 1. The van der Waals surface area contributed by atoms with Gasteiger partial charge in [0, 0.05) is 18.4 Å². The number of fused-ring (bicyclic) bond motifs is 1. The number of rotatable bonds is 3. The zero-order chi connectivity index (χ0) is 14.8. The van der Waals surface area contributed by atoms with E-state index in [2.05, 4.69) is 9.97 Å². The van der Waals surface area contributed by atoms with Gasteiger partial charge in [-0.2, -0.15) is 0 Å². The first-order valence-corrected chi connectivity index (χ1v) is 6.92. The van der Waals surface area contributed by atoms with Crippen molar-refractivity contribution in [2.75, 3.05) is 0 Å². The number of hydrogen-bond donors (Lipinski definition) is 1. The van der Waals surface area contributed by atoms with Crippen LogP contribution in [-0.2, 0) is 6.42 Å². The molecule has 3 nitrogen and oxygen atoms in total. The molecule has 0 aliphatic carbocycles. The van der Waals surface area contributed by atoms with E-state index in [1.165, 1.54) is 6.07 Å². The zero-order valence-corrected chi connectivity index (χ0v) is 11.9. The lowest BCUT2D eigenvalue weighted by Gasteiger charge is -2.14. The normalized spacial score (nSPS) is 12.5. The van der Waals surface area contributed by atoms with Crippen LogP contribution in [0.3, 0.4) is 0 Å². The molecule has 3 rings (SSSR count). The second-order valence-corrected chi connectivity index (χ2v) is 5.24. The molecule has 1 unspecified atom stereocenters. The van der Waals surface area contributed by atoms with Crippen molar-refractivity contribution >= 4 is 22.6 Å². The molecule has 106 valence electrons. The van der Waals surface area contributed by atoms with E-state index in [1.54, 1.807) is 24.5 Å². The van der Waals surface area contributed by atoms with Gasteiger partial charge in [-0.3, -0.25) is 9.97 Å². The van der Waals surface area contributed by atoms with Crippen molar-refractivity contribution in [1.29, 1.82) is 0 Å². The number of aromatic nitrogens is 2. The molecule has 0 saturated carbocycles. The maximum absolute atomic E-state index is 13.2. The third-order valence-corrected chi connectivity index (χ3v) is 3.66. The van der Waals surface area contributed by atoms with Gasteiger partial charge in [-0.25, -0.2) is 4.39 Å². The van der Waals surface area contributed by atoms with E-state index < -0.39 is 5.82 Å². The van der Waals surface area contributed by atoms with Gasteiger partial charge in [-0.15, -0.1) is 0 Å². The third kappa shape index (κ3) is 2.86. The molecule has 0 spiro atoms. The van der Waals surface area contributed by atoms with Crippen LogP contribution in [0.4, 0.5) is 4.39 Å². The summed E-state index contributed by atoms with van der Waals surface area (Å²) in [5.74, 6) is -0.426. The Hall–Kier alpha value is -2.04. The molecular formula is C16H13ClFN3. The fourth-order valence-electron chi connectivity index (χ4n) is 2.34. The molecule has 1 aromatic heterocycles. The molecule has 0 amide bonds. The van der Waals surface area contributed by atoms with Gasteiger partial charge < -0.3 is 5.73 Å². The minimum absolute atomic E-state index is 0.109. The molecule has 2 aromatic carbocycles. The Morgan fingerprint density at radius 1 is 1.14 bits per heavy atom. The lowest BCUT2D eigenvalue weighted by molar-refractivity contribution is 0.626. The molecule has 1 atom stereocenters. The topological polar surface area (TPSA) is 51.8 Å². The van der Waals surface area contributed by atoms with E-state index in [9.17, 15) is 4.39 Å². The summed E-state index contributed by atoms with van der Waals surface area (Å²) in [6, 6.07) is 10.1. The van der Waals surface area contributed by atoms with Gasteiger partial charge in [0.05, 0.1) is 16.1 Å². The van der Waals surface area contributed by atoms with Crippen molar-refractivity contribution in [2.24, 2.45) is 5.73 Å². The summed E-state index contributed by atoms with van der Waals surface area (Å²) in [6.07, 6.45) is 3.85. The summed E-state index contributed by atoms with van der Waals surface area (Å²) in [7, 11) is 0. The Bertz CT molecular complexity index is 786. The summed E-state index contributed by atoms with van der Waals surface area (Å²) in [4.78, 5) is 8.62. The summed E-state index contributed by atoms with van der Waals surface area (Å²) in [5.41, 5.74) is 9.68. The molecule has 0 radical (unpaired) electrons. The molecule has 2 N–H and O–H groups in total. The van der Waals surface area contributed by atoms with Crippen LogP contribution in [0.1, 0.15) is 17.2 Å². The molecule has 0 fully saturated rings. The molecule has 0 aliphatic heterocycles. The third-order valence-electron chi connectivity index (χ3n) is 3.37. The van der Waals surface area contributed by atoms with Gasteiger partial charge >= 0.3 is 0 Å². The highest BCUT2D eigenvalue weighted by atomic mass is 35.5. The van der Waals surface area contributed by atoms with E-state index in [0.717, 1.165) is 22.2 Å². The van der Waals surface area contributed by atoms with Crippen molar-refractivity contribution in [3.63, 3.8) is 0 Å². The van der Waals surface area contributed by atoms with Crippen LogP contribution in [-0.4, -0.2) is 9.97 Å². The van der Waals surface area contributed by atoms with E-state index in [-0.39, 0.29) is 11.1 Å². The Labute approximate surface area is 126 Å². The van der Waals surface area contributed by atoms with Crippen LogP contribution < -0.4 is 5.73 Å². The Balaban J connectivity index is 1.93. The summed E-state index contributed by atoms with van der Waals surface area (Å²) in [5, 5.41) is 0.109. The Morgan fingerprint density at radius 3 is 2.76 bits per heavy atom. The van der Waals surface area contributed by atoms with E-state index in [0.29, 0.717) is 6.42 Å². The number of halogens is 2. The minimum Gasteiger partial charge on any atom is -0.324 e. The van der Waals surface area contributed by atoms with Crippen molar-refractivity contribution < 1.29 is 4.39 Å². The standard InChI is InChI=1S/C16H13ClFN3/c17-12-8-10(4-5-13(12)18)9-14(19)11-2-1-3-15-16(11)21-7-6-20-15/h1-8,14H,9,19H2. The van der Waals surface area contributed by atoms with Crippen LogP contribution in [0.15, 0.2) is 48.8 Å². The second kappa shape index (κ2) is 5.76. The summed E-state index contributed by atoms with van der Waals surface area (Å²) >= 11 is 5.80. The van der Waals surface area contributed by atoms with Crippen LogP contribution in [0.5, 0.6) is 0 Å². The second-order valence-electron chi connectivity index (χ2n) is 4.83. The number of nitrogens with two attached hydrogens (primary N) is 1. The van der Waals surface area contributed by atoms with Crippen LogP contribution in [0.2, 0.25) is 5.02 Å². The van der Waals surface area contributed by atoms with Gasteiger partial charge in [0.2, 0.25) is 0 Å². The Morgan fingerprint density at radius 2 is 1.95 bits per heavy atom. The lowest BCUT2D eigenvalue weighted by Crippen LogP contribution is -2.14. The average Bonchev–Trinajstić information content (AvgIpc) is 2.50. The van der Waals surface area contributed by atoms with Gasteiger partial charge in [0.1, 0.15) is 5.82 Å². The summed E-state index contributed by atoms with van der Waals surface area (Å²) in [6.45, 7) is 0. The molecular weight excluding hydrogens is 289 g/mol. The first-order chi connectivity index (χ1) is 10.1. The molecule has 1 heterocycles. The van der Waals surface area contributed by atoms with E-state index >= 15 is 0 Å². The number of nitrogens with zero attached hydrogens (tertiary/aromatic N) is 2. The molecule has 5 heteroatoms. The number of benzene rings is 2. The highest BCUT2D eigenvalue weighted by Gasteiger charge is 2.13. The van der Waals surface area contributed by atoms with Crippen LogP contribution in [0, 0.1) is 5.82 Å². The first-order valence-electron chi connectivity index (χ1n) is 6.54. The maximum atomic E-state index is 13.2. The molecule has 0 saturated heterocycles. The smallest absolute Gasteiger partial charge is 0.141 e. The lowest BCUT2D eigenvalue weighted by atomic mass is 9.98. The quantitative estimate of drug-likeness (QED) is 0.803. The van der Waals surface area contributed by atoms with Crippen molar-refractivity contribution in [2.45, 2.75) is 12.5 Å². The highest BCUT2D eigenvalue weighted by Crippen LogP contribution is 2.24. The van der Waals surface area contributed by atoms with E-state index in [1.807, 2.05) is 18.2 Å². The van der Waals surface area contributed by atoms with Crippen LogP contribution >= 0.6 is 11.6 Å². The monoisotopic (exact) mass is 301 g/mol. The van der Waals surface area contributed by atoms with Crippen molar-refractivity contribution in [3.8, 4) is 0 Å². The molecule has 0 aliphatic rings. The minimum atomic E-state index is -0.426. The van der Waals surface area contributed by atoms with Gasteiger partial charge in [0.15, 0.2) is 0 Å². The fraction of sp³-hybridized carbons (Fsp3) is 0.125. The average molecular weight is 302 g/mol. The van der Waals surface area contributed by atoms with Crippen molar-refractivity contribution in [1.82, 2.24) is 9.97 Å². The van der Waals surface area contributed by atoms with Gasteiger partial charge in [-0.05, 0) is 35.7 Å². The zero-order valence-electron chi connectivity index (χ0n) is 11.1. The van der Waals surface area contributed by atoms with Gasteiger partial charge in [0.25, 0.3) is 0 Å². The summed E-state index contributed by atoms with van der Waals surface area (Å²) < 4.78 is 13.2. The predicted molar refractivity (Wildman–Crippen MR) is 81.6 cm³/mol. The van der Waals surface area contributed by atoms with Crippen LogP contribution in [0.25, 0.3) is 11.0 Å². The number of hydrogen-bond acceptors (Lipinski definition) is 3.